The summed E-state index contributed by atoms with van der Waals surface area (Å²) in [5.41, 5.74) is 6.02. The minimum atomic E-state index is -0.210. The van der Waals surface area contributed by atoms with E-state index in [9.17, 15) is 4.79 Å². The lowest BCUT2D eigenvalue weighted by molar-refractivity contribution is 0.0972. The van der Waals surface area contributed by atoms with Crippen LogP contribution >= 0.6 is 12.2 Å². The molecule has 0 fully saturated rings. The molecule has 0 bridgehead atoms. The summed E-state index contributed by atoms with van der Waals surface area (Å²) in [6.07, 6.45) is 23.2. The maximum absolute atomic E-state index is 12.8. The second kappa shape index (κ2) is 11.4. The lowest BCUT2D eigenvalue weighted by Gasteiger charge is -2.37. The largest absolute Gasteiger partial charge is 0.337 e. The molecule has 198 valence electrons. The molecule has 0 amide bonds. The molecule has 3 aromatic heterocycles. The van der Waals surface area contributed by atoms with Gasteiger partial charge in [0, 0.05) is 32.1 Å². The highest BCUT2D eigenvalue weighted by molar-refractivity contribution is 7.71. The zero-order valence-electron chi connectivity index (χ0n) is 23.0. The molecule has 1 unspecified atom stereocenters. The molecule has 3 aromatic rings. The van der Waals surface area contributed by atoms with Crippen molar-refractivity contribution in [3.05, 3.63) is 94.8 Å². The van der Waals surface area contributed by atoms with Crippen molar-refractivity contribution >= 4 is 29.3 Å². The molecule has 7 nitrogen and oxygen atoms in total. The molecule has 0 spiro atoms. The van der Waals surface area contributed by atoms with E-state index in [0.29, 0.717) is 21.7 Å². The van der Waals surface area contributed by atoms with Gasteiger partial charge in [0.1, 0.15) is 16.5 Å². The highest BCUT2D eigenvalue weighted by atomic mass is 32.1. The van der Waals surface area contributed by atoms with Crippen LogP contribution in [0.15, 0.2) is 90.1 Å². The van der Waals surface area contributed by atoms with E-state index in [1.807, 2.05) is 44.8 Å². The van der Waals surface area contributed by atoms with Crippen molar-refractivity contribution in [2.75, 3.05) is 0 Å². The first kappa shape index (κ1) is 27.4. The van der Waals surface area contributed by atoms with E-state index in [1.165, 1.54) is 28.5 Å². The summed E-state index contributed by atoms with van der Waals surface area (Å²) in [7, 11) is 1.81. The van der Waals surface area contributed by atoms with E-state index < -0.39 is 0 Å². The van der Waals surface area contributed by atoms with E-state index in [4.69, 9.17) is 12.2 Å². The zero-order valence-corrected chi connectivity index (χ0v) is 23.9. The summed E-state index contributed by atoms with van der Waals surface area (Å²) in [5.74, 6) is 0.313. The molecule has 0 aliphatic heterocycles. The van der Waals surface area contributed by atoms with Crippen LogP contribution in [0, 0.1) is 16.0 Å². The van der Waals surface area contributed by atoms with Crippen LogP contribution in [-0.2, 0) is 13.6 Å². The maximum atomic E-state index is 12.8. The van der Waals surface area contributed by atoms with Gasteiger partial charge >= 0.3 is 0 Å². The van der Waals surface area contributed by atoms with Gasteiger partial charge in [-0.05, 0) is 56.1 Å². The van der Waals surface area contributed by atoms with Gasteiger partial charge < -0.3 is 9.13 Å². The number of hydrogen-bond acceptors (Lipinski definition) is 5. The number of allylic oxidation sites excluding steroid dienone is 10. The van der Waals surface area contributed by atoms with E-state index in [2.05, 4.69) is 65.4 Å². The lowest BCUT2D eigenvalue weighted by atomic mass is 9.68. The number of aromatic nitrogens is 6. The van der Waals surface area contributed by atoms with E-state index in [-0.39, 0.29) is 11.3 Å². The highest BCUT2D eigenvalue weighted by Crippen LogP contribution is 2.44. The van der Waals surface area contributed by atoms with Crippen molar-refractivity contribution in [3.63, 3.8) is 0 Å². The van der Waals surface area contributed by atoms with Gasteiger partial charge in [-0.3, -0.25) is 4.79 Å². The second-order valence-electron chi connectivity index (χ2n) is 10.8. The van der Waals surface area contributed by atoms with E-state index >= 15 is 0 Å². The Morgan fingerprint density at radius 3 is 2.68 bits per heavy atom. The third-order valence-corrected chi connectivity index (χ3v) is 7.79. The van der Waals surface area contributed by atoms with Crippen molar-refractivity contribution in [1.82, 2.24) is 28.7 Å². The van der Waals surface area contributed by atoms with Gasteiger partial charge in [-0.15, -0.1) is 0 Å². The average Bonchev–Trinajstić information content (AvgIpc) is 3.53. The molecule has 38 heavy (non-hydrogen) atoms. The smallest absolute Gasteiger partial charge is 0.257 e. The van der Waals surface area contributed by atoms with Gasteiger partial charge in [0.2, 0.25) is 0 Å². The number of carbonyl (C=O) groups is 1. The summed E-state index contributed by atoms with van der Waals surface area (Å²) in [6, 6.07) is 0. The molecule has 8 heteroatoms. The van der Waals surface area contributed by atoms with Gasteiger partial charge in [-0.2, -0.15) is 0 Å². The van der Waals surface area contributed by atoms with Crippen molar-refractivity contribution < 1.29 is 4.79 Å². The number of imidazole rings is 2. The zero-order chi connectivity index (χ0) is 27.4. The van der Waals surface area contributed by atoms with E-state index in [1.54, 1.807) is 17.0 Å². The van der Waals surface area contributed by atoms with E-state index in [0.717, 1.165) is 24.1 Å². The molecule has 0 aromatic carbocycles. The molecule has 1 atom stereocenters. The quantitative estimate of drug-likeness (QED) is 0.192. The fraction of sp³-hybridized carbons (Fsp3) is 0.367. The minimum Gasteiger partial charge on any atom is -0.337 e. The molecule has 0 radical (unpaired) electrons. The molecule has 3 heterocycles. The number of hydrogen-bond donors (Lipinski definition) is 0. The first-order valence-corrected chi connectivity index (χ1v) is 13.3. The Bertz CT molecular complexity index is 1540. The fourth-order valence-electron chi connectivity index (χ4n) is 4.95. The molecule has 1 aliphatic carbocycles. The third kappa shape index (κ3) is 6.07. The Hall–Kier alpha value is -3.65. The molecule has 4 rings (SSSR count). The predicted molar refractivity (Wildman–Crippen MR) is 155 cm³/mol. The van der Waals surface area contributed by atoms with Crippen LogP contribution in [0.5, 0.6) is 0 Å². The summed E-state index contributed by atoms with van der Waals surface area (Å²) in [4.78, 5) is 25.6. The summed E-state index contributed by atoms with van der Waals surface area (Å²) in [6.45, 7) is 11.9. The van der Waals surface area contributed by atoms with Crippen LogP contribution in [0.25, 0.3) is 11.2 Å². The summed E-state index contributed by atoms with van der Waals surface area (Å²) < 4.78 is 5.85. The normalized spacial score (nSPS) is 18.8. The Balaban J connectivity index is 1.45. The van der Waals surface area contributed by atoms with Crippen LogP contribution in [0.1, 0.15) is 52.3 Å². The first-order chi connectivity index (χ1) is 18.1. The molecule has 0 saturated heterocycles. The molecule has 1 aliphatic rings. The standard InChI is InChI=1S/C30H36N6OS/c1-21(10-11-25-23(3)24(12-13-30(25,4)5)17-35-15-14-31-18-35)8-7-9-22(2)16-26(37)36-20-32-27-28(36)33-19-34(6)29(27)38/h7-11,14-16,18-20,24H,12-13,17H2,1-6H3. The lowest BCUT2D eigenvalue weighted by Crippen LogP contribution is -2.26. The predicted octanol–water partition coefficient (Wildman–Crippen LogP) is 6.79. The Labute approximate surface area is 229 Å². The number of carbonyl (C=O) groups excluding carboxylic acids is 1. The van der Waals surface area contributed by atoms with Crippen LogP contribution in [0.4, 0.5) is 0 Å². The maximum Gasteiger partial charge on any atom is 0.257 e. The molecular weight excluding hydrogens is 492 g/mol. The second-order valence-corrected chi connectivity index (χ2v) is 11.1. The van der Waals surface area contributed by atoms with Crippen molar-refractivity contribution in [2.45, 2.75) is 54.0 Å². The van der Waals surface area contributed by atoms with Gasteiger partial charge in [-0.25, -0.2) is 19.5 Å². The van der Waals surface area contributed by atoms with Gasteiger partial charge in [-0.1, -0.05) is 67.6 Å². The Morgan fingerprint density at radius 2 is 1.95 bits per heavy atom. The average molecular weight is 529 g/mol. The van der Waals surface area contributed by atoms with Crippen LogP contribution < -0.4 is 0 Å². The molecular formula is C30H36N6OS. The van der Waals surface area contributed by atoms with Crippen LogP contribution in [0.2, 0.25) is 0 Å². The summed E-state index contributed by atoms with van der Waals surface area (Å²) >= 11 is 5.37. The third-order valence-electron chi connectivity index (χ3n) is 7.31. The Kier molecular flexibility index (Phi) is 8.21. The number of aryl methyl sites for hydroxylation is 1. The molecule has 0 N–H and O–H groups in total. The van der Waals surface area contributed by atoms with Crippen LogP contribution in [-0.4, -0.2) is 34.6 Å². The highest BCUT2D eigenvalue weighted by Gasteiger charge is 2.31. The molecule has 0 saturated carbocycles. The van der Waals surface area contributed by atoms with Crippen molar-refractivity contribution in [2.24, 2.45) is 18.4 Å². The van der Waals surface area contributed by atoms with Gasteiger partial charge in [0.25, 0.3) is 5.91 Å². The monoisotopic (exact) mass is 528 g/mol. The van der Waals surface area contributed by atoms with Crippen molar-refractivity contribution in [1.29, 1.82) is 0 Å². The van der Waals surface area contributed by atoms with Gasteiger partial charge in [0.05, 0.1) is 12.7 Å². The number of fused-ring (bicyclic) bond motifs is 1. The number of nitrogens with zero attached hydrogens (tertiary/aromatic N) is 6. The minimum absolute atomic E-state index is 0.150. The van der Waals surface area contributed by atoms with Gasteiger partial charge in [0.15, 0.2) is 5.65 Å². The first-order valence-electron chi connectivity index (χ1n) is 12.9. The number of rotatable bonds is 7. The topological polar surface area (TPSA) is 70.5 Å². The van der Waals surface area contributed by atoms with Crippen molar-refractivity contribution in [3.8, 4) is 0 Å². The fourth-order valence-corrected chi connectivity index (χ4v) is 5.14. The SMILES string of the molecule is CC(C=CC1=C(C)C(Cn2ccnc2)CCC1(C)C)=CC=CC(C)=CC(=O)n1cnc2c(=S)n(C)cnc21. The summed E-state index contributed by atoms with van der Waals surface area (Å²) in [5, 5.41) is 0. The Morgan fingerprint density at radius 1 is 1.16 bits per heavy atom. The van der Waals surface area contributed by atoms with Crippen LogP contribution in [0.3, 0.4) is 0 Å².